The molecule has 25 heavy (non-hydrogen) atoms. The third-order valence-corrected chi connectivity index (χ3v) is 5.31. The Morgan fingerprint density at radius 2 is 2.24 bits per heavy atom. The molecule has 1 N–H and O–H groups in total. The zero-order valence-corrected chi connectivity index (χ0v) is 14.9. The first-order valence-electron chi connectivity index (χ1n) is 9.15. The largest absolute Gasteiger partial charge is 0.342 e. The van der Waals surface area contributed by atoms with Gasteiger partial charge in [0.2, 0.25) is 11.8 Å². The Bertz CT molecular complexity index is 594. The number of hydrogen-bond acceptors (Lipinski definition) is 5. The molecule has 2 saturated heterocycles. The van der Waals surface area contributed by atoms with E-state index in [-0.39, 0.29) is 11.8 Å². The van der Waals surface area contributed by atoms with Crippen LogP contribution in [0, 0.1) is 5.92 Å². The first kappa shape index (κ1) is 17.8. The Morgan fingerprint density at radius 3 is 3.00 bits per heavy atom. The van der Waals surface area contributed by atoms with Gasteiger partial charge in [0.05, 0.1) is 5.69 Å². The van der Waals surface area contributed by atoms with Crippen LogP contribution in [0.3, 0.4) is 0 Å². The molecule has 0 spiro atoms. The van der Waals surface area contributed by atoms with Crippen molar-refractivity contribution in [1.29, 1.82) is 0 Å². The summed E-state index contributed by atoms with van der Waals surface area (Å²) in [4.78, 5) is 37.1. The monoisotopic (exact) mass is 345 g/mol. The highest BCUT2D eigenvalue weighted by atomic mass is 16.2. The van der Waals surface area contributed by atoms with Crippen molar-refractivity contribution in [2.24, 2.45) is 5.92 Å². The number of rotatable bonds is 6. The molecule has 0 saturated carbocycles. The van der Waals surface area contributed by atoms with Gasteiger partial charge in [-0.25, -0.2) is 0 Å². The highest BCUT2D eigenvalue weighted by Gasteiger charge is 2.39. The predicted molar refractivity (Wildman–Crippen MR) is 93.7 cm³/mol. The van der Waals surface area contributed by atoms with Crippen molar-refractivity contribution in [3.8, 4) is 0 Å². The molecule has 1 aromatic heterocycles. The summed E-state index contributed by atoms with van der Waals surface area (Å²) >= 11 is 0. The number of aromatic nitrogens is 2. The highest BCUT2D eigenvalue weighted by molar-refractivity contribution is 5.78. The van der Waals surface area contributed by atoms with Crippen LogP contribution in [-0.4, -0.2) is 70.9 Å². The van der Waals surface area contributed by atoms with Gasteiger partial charge in [0.15, 0.2) is 0 Å². The number of amides is 2. The molecule has 3 heterocycles. The number of fused-ring (bicyclic) bond motifs is 1. The number of likely N-dealkylation sites (N-methyl/N-ethyl adjacent to an activating group) is 1. The Kier molecular flexibility index (Phi) is 5.96. The second-order valence-corrected chi connectivity index (χ2v) is 6.88. The normalized spacial score (nSPS) is 23.5. The average molecular weight is 345 g/mol. The Hall–Kier alpha value is -2.02. The van der Waals surface area contributed by atoms with E-state index in [2.05, 4.69) is 15.3 Å². The molecule has 3 rings (SSSR count). The van der Waals surface area contributed by atoms with Crippen LogP contribution in [0.1, 0.15) is 31.4 Å². The maximum Gasteiger partial charge on any atom is 0.222 e. The number of aryl methyl sites for hydroxylation is 1. The maximum absolute atomic E-state index is 12.6. The van der Waals surface area contributed by atoms with Gasteiger partial charge in [0.25, 0.3) is 0 Å². The number of piperidine rings is 2. The van der Waals surface area contributed by atoms with Gasteiger partial charge in [0, 0.05) is 63.7 Å². The predicted octanol–water partition coefficient (Wildman–Crippen LogP) is 0.468. The smallest absolute Gasteiger partial charge is 0.222 e. The van der Waals surface area contributed by atoms with Crippen LogP contribution in [-0.2, 0) is 16.0 Å². The van der Waals surface area contributed by atoms with Crippen molar-refractivity contribution < 1.29 is 9.59 Å². The SMILES string of the molecule is CNCCN1C(=O)CC[C@H]2CN(C(=O)CCc3cnccn3)CC[C@H]21. The minimum Gasteiger partial charge on any atom is -0.342 e. The van der Waals surface area contributed by atoms with Gasteiger partial charge in [-0.15, -0.1) is 0 Å². The fourth-order valence-corrected chi connectivity index (χ4v) is 3.95. The fourth-order valence-electron chi connectivity index (χ4n) is 3.95. The van der Waals surface area contributed by atoms with Gasteiger partial charge in [-0.3, -0.25) is 19.6 Å². The Balaban J connectivity index is 1.53. The molecule has 2 amide bonds. The van der Waals surface area contributed by atoms with Gasteiger partial charge in [-0.2, -0.15) is 0 Å². The molecule has 2 aliphatic rings. The van der Waals surface area contributed by atoms with E-state index >= 15 is 0 Å². The lowest BCUT2D eigenvalue weighted by molar-refractivity contribution is -0.144. The molecule has 0 unspecified atom stereocenters. The second-order valence-electron chi connectivity index (χ2n) is 6.88. The van der Waals surface area contributed by atoms with E-state index in [1.165, 1.54) is 0 Å². The highest BCUT2D eigenvalue weighted by Crippen LogP contribution is 2.31. The summed E-state index contributed by atoms with van der Waals surface area (Å²) in [6.45, 7) is 3.09. The molecule has 136 valence electrons. The molecular weight excluding hydrogens is 318 g/mol. The van der Waals surface area contributed by atoms with Gasteiger partial charge in [-0.1, -0.05) is 0 Å². The Labute approximate surface area is 148 Å². The summed E-state index contributed by atoms with van der Waals surface area (Å²) in [6.07, 6.45) is 8.50. The summed E-state index contributed by atoms with van der Waals surface area (Å²) < 4.78 is 0. The molecule has 0 aromatic carbocycles. The lowest BCUT2D eigenvalue weighted by Gasteiger charge is -2.47. The van der Waals surface area contributed by atoms with Crippen molar-refractivity contribution in [1.82, 2.24) is 25.1 Å². The third kappa shape index (κ3) is 4.34. The number of hydrogen-bond donors (Lipinski definition) is 1. The quantitative estimate of drug-likeness (QED) is 0.811. The molecule has 7 heteroatoms. The van der Waals surface area contributed by atoms with Gasteiger partial charge in [-0.05, 0) is 32.2 Å². The van der Waals surface area contributed by atoms with E-state index in [0.717, 1.165) is 44.7 Å². The molecule has 2 aliphatic heterocycles. The lowest BCUT2D eigenvalue weighted by Crippen LogP contribution is -2.57. The topological polar surface area (TPSA) is 78.4 Å². The number of carbonyl (C=O) groups is 2. The molecular formula is C18H27N5O2. The molecule has 0 bridgehead atoms. The molecule has 7 nitrogen and oxygen atoms in total. The van der Waals surface area contributed by atoms with E-state index in [1.807, 2.05) is 16.8 Å². The van der Waals surface area contributed by atoms with E-state index < -0.39 is 0 Å². The lowest BCUT2D eigenvalue weighted by atomic mass is 9.83. The van der Waals surface area contributed by atoms with E-state index in [9.17, 15) is 9.59 Å². The fraction of sp³-hybridized carbons (Fsp3) is 0.667. The minimum atomic E-state index is 0.183. The van der Waals surface area contributed by atoms with E-state index in [1.54, 1.807) is 18.6 Å². The first-order chi connectivity index (χ1) is 12.2. The van der Waals surface area contributed by atoms with Gasteiger partial charge < -0.3 is 15.1 Å². The summed E-state index contributed by atoms with van der Waals surface area (Å²) in [6, 6.07) is 0.290. The standard InChI is InChI=1S/C18H27N5O2/c1-19-9-11-23-16-6-10-22(13-14(16)2-4-18(23)25)17(24)5-3-15-12-20-7-8-21-15/h7-8,12,14,16,19H,2-6,9-11,13H2,1H3/t14-,16+/m0/s1. The molecule has 1 aromatic rings. The van der Waals surface area contributed by atoms with Crippen molar-refractivity contribution in [2.45, 2.75) is 38.1 Å². The summed E-state index contributed by atoms with van der Waals surface area (Å²) in [5.74, 6) is 0.852. The van der Waals surface area contributed by atoms with E-state index in [4.69, 9.17) is 0 Å². The molecule has 0 aliphatic carbocycles. The van der Waals surface area contributed by atoms with Crippen molar-refractivity contribution >= 4 is 11.8 Å². The molecule has 2 atom stereocenters. The van der Waals surface area contributed by atoms with Crippen LogP contribution >= 0.6 is 0 Å². The zero-order valence-electron chi connectivity index (χ0n) is 14.9. The van der Waals surface area contributed by atoms with E-state index in [0.29, 0.717) is 31.2 Å². The van der Waals surface area contributed by atoms with Gasteiger partial charge >= 0.3 is 0 Å². The number of nitrogens with zero attached hydrogens (tertiary/aromatic N) is 4. The summed E-state index contributed by atoms with van der Waals surface area (Å²) in [7, 11) is 1.91. The van der Waals surface area contributed by atoms with Crippen LogP contribution in [0.25, 0.3) is 0 Å². The Morgan fingerprint density at radius 1 is 1.36 bits per heavy atom. The zero-order chi connectivity index (χ0) is 17.6. The second kappa shape index (κ2) is 8.38. The van der Waals surface area contributed by atoms with Crippen LogP contribution in [0.15, 0.2) is 18.6 Å². The summed E-state index contributed by atoms with van der Waals surface area (Å²) in [5, 5.41) is 3.12. The third-order valence-electron chi connectivity index (χ3n) is 5.31. The minimum absolute atomic E-state index is 0.183. The van der Waals surface area contributed by atoms with Crippen molar-refractivity contribution in [3.63, 3.8) is 0 Å². The van der Waals surface area contributed by atoms with Crippen LogP contribution in [0.2, 0.25) is 0 Å². The molecule has 0 radical (unpaired) electrons. The molecule has 2 fully saturated rings. The van der Waals surface area contributed by atoms with Gasteiger partial charge in [0.1, 0.15) is 0 Å². The maximum atomic E-state index is 12.6. The van der Waals surface area contributed by atoms with Crippen molar-refractivity contribution in [2.75, 3.05) is 33.2 Å². The number of likely N-dealkylation sites (tertiary alicyclic amines) is 2. The van der Waals surface area contributed by atoms with Crippen LogP contribution in [0.5, 0.6) is 0 Å². The average Bonchev–Trinajstić information content (AvgIpc) is 2.66. The van der Waals surface area contributed by atoms with Crippen molar-refractivity contribution in [3.05, 3.63) is 24.3 Å². The van der Waals surface area contributed by atoms with Crippen LogP contribution in [0.4, 0.5) is 0 Å². The number of nitrogens with one attached hydrogen (secondary N) is 1. The number of carbonyl (C=O) groups excluding carboxylic acids is 2. The first-order valence-corrected chi connectivity index (χ1v) is 9.15. The van der Waals surface area contributed by atoms with Crippen LogP contribution < -0.4 is 5.32 Å². The summed E-state index contributed by atoms with van der Waals surface area (Å²) in [5.41, 5.74) is 0.854.